The normalized spacial score (nSPS) is 13.0. The number of nitrogens with one attached hydrogen (secondary N) is 11. The summed E-state index contributed by atoms with van der Waals surface area (Å²) < 4.78 is 48.1. The SMILES string of the molecule is COc1ccc(S(=O)(=O)N[C@H](CC(=O)O)C(=O)N[C@@H](CCC(=O)O)C(=O)NCC(=O)N[C@@H](Cc2cccc(F)c2)C(=O)N[C@@H](Cc2c[nH]c3ccccc23)C(=O)N[C@@H](CCC(=O)O)C(=O)NCCCCCC(=O)N[C@@H](CCCCNC(=O)Nc2ccccc2)C(N)=O)cc1. The minimum absolute atomic E-state index is 0.00461. The number of urea groups is 1. The Bertz CT molecular complexity index is 3580. The second-order valence-corrected chi connectivity index (χ2v) is 23.3. The number of carboxylic acids is 3. The molecule has 0 aliphatic carbocycles. The molecule has 10 amide bonds. The van der Waals surface area contributed by atoms with E-state index in [2.05, 4.69) is 52.8 Å². The van der Waals surface area contributed by atoms with Crippen LogP contribution in [0.3, 0.4) is 0 Å². The highest BCUT2D eigenvalue weighted by atomic mass is 32.2. The molecule has 0 aliphatic heterocycles. The summed E-state index contributed by atoms with van der Waals surface area (Å²) in [5, 5.41) is 51.9. The Balaban J connectivity index is 1.24. The number of para-hydroxylation sites is 2. The number of H-pyrrole nitrogens is 1. The minimum atomic E-state index is -4.60. The van der Waals surface area contributed by atoms with E-state index in [0.29, 0.717) is 60.8 Å². The number of benzene rings is 4. The van der Waals surface area contributed by atoms with Crippen LogP contribution in [0.15, 0.2) is 114 Å². The first kappa shape index (κ1) is 74.2. The molecule has 30 nitrogen and oxygen atoms in total. The van der Waals surface area contributed by atoms with E-state index in [1.165, 1.54) is 31.4 Å². The fraction of sp³-hybridized carbons (Fsp3) is 0.387. The molecule has 6 atom stereocenters. The second kappa shape index (κ2) is 37.7. The first-order chi connectivity index (χ1) is 44.8. The number of fused-ring (bicyclic) bond motifs is 1. The smallest absolute Gasteiger partial charge is 0.319 e. The summed E-state index contributed by atoms with van der Waals surface area (Å²) >= 11 is 0. The number of carbonyl (C=O) groups excluding carboxylic acids is 9. The van der Waals surface area contributed by atoms with E-state index in [9.17, 15) is 85.7 Å². The molecule has 94 heavy (non-hydrogen) atoms. The first-order valence-electron chi connectivity index (χ1n) is 29.9. The average molecular weight is 1330 g/mol. The molecular formula is C62H77FN12O18S. The summed E-state index contributed by atoms with van der Waals surface area (Å²) in [5.74, 6) is -12.5. The van der Waals surface area contributed by atoms with Crippen LogP contribution in [-0.2, 0) is 75.6 Å². The van der Waals surface area contributed by atoms with Crippen LogP contribution in [0.25, 0.3) is 10.9 Å². The van der Waals surface area contributed by atoms with E-state index < -0.39 is 173 Å². The van der Waals surface area contributed by atoms with Crippen LogP contribution in [0.5, 0.6) is 5.75 Å². The third-order valence-electron chi connectivity index (χ3n) is 14.4. The number of methoxy groups -OCH3 is 1. The second-order valence-electron chi connectivity index (χ2n) is 21.6. The topological polar surface area (TPSA) is 471 Å². The van der Waals surface area contributed by atoms with Gasteiger partial charge in [-0.05, 0) is 111 Å². The van der Waals surface area contributed by atoms with E-state index in [1.807, 2.05) is 10.8 Å². The molecule has 4 aromatic carbocycles. The third kappa shape index (κ3) is 26.0. The predicted molar refractivity (Wildman–Crippen MR) is 336 cm³/mol. The molecule has 16 N–H and O–H groups in total. The molecule has 0 saturated carbocycles. The van der Waals surface area contributed by atoms with Gasteiger partial charge in [0.2, 0.25) is 57.3 Å². The molecule has 32 heteroatoms. The number of carbonyl (C=O) groups is 12. The number of aliphatic carboxylic acids is 3. The number of primary amides is 1. The summed E-state index contributed by atoms with van der Waals surface area (Å²) in [4.78, 5) is 159. The van der Waals surface area contributed by atoms with Crippen molar-refractivity contribution in [3.8, 4) is 5.75 Å². The Hall–Kier alpha value is -10.5. The number of rotatable bonds is 41. The van der Waals surface area contributed by atoms with Gasteiger partial charge in [-0.25, -0.2) is 17.6 Å². The maximum absolute atomic E-state index is 14.6. The first-order valence-corrected chi connectivity index (χ1v) is 31.3. The maximum Gasteiger partial charge on any atom is 0.319 e. The van der Waals surface area contributed by atoms with Crippen molar-refractivity contribution >= 4 is 97.8 Å². The molecule has 0 saturated heterocycles. The highest BCUT2D eigenvalue weighted by Crippen LogP contribution is 2.21. The summed E-state index contributed by atoms with van der Waals surface area (Å²) in [6, 6.07) is 15.4. The number of ether oxygens (including phenoxy) is 1. The van der Waals surface area contributed by atoms with Crippen LogP contribution in [0.4, 0.5) is 14.9 Å². The van der Waals surface area contributed by atoms with E-state index in [-0.39, 0.29) is 37.1 Å². The van der Waals surface area contributed by atoms with Crippen molar-refractivity contribution in [2.45, 2.75) is 131 Å². The van der Waals surface area contributed by atoms with Crippen LogP contribution >= 0.6 is 0 Å². The van der Waals surface area contributed by atoms with Gasteiger partial charge in [0.1, 0.15) is 47.8 Å². The fourth-order valence-electron chi connectivity index (χ4n) is 9.48. The van der Waals surface area contributed by atoms with E-state index in [1.54, 1.807) is 54.7 Å². The molecule has 0 fully saturated rings. The molecule has 0 aliphatic rings. The highest BCUT2D eigenvalue weighted by Gasteiger charge is 2.34. The van der Waals surface area contributed by atoms with Gasteiger partial charge in [-0.15, -0.1) is 0 Å². The molecule has 1 heterocycles. The minimum Gasteiger partial charge on any atom is -0.497 e. The number of hydrogen-bond acceptors (Lipinski definition) is 15. The van der Waals surface area contributed by atoms with Crippen molar-refractivity contribution < 1.29 is 90.4 Å². The molecular weight excluding hydrogens is 1250 g/mol. The Kier molecular flexibility index (Phi) is 29.8. The van der Waals surface area contributed by atoms with Crippen LogP contribution in [0.2, 0.25) is 0 Å². The molecule has 0 radical (unpaired) electrons. The largest absolute Gasteiger partial charge is 0.497 e. The van der Waals surface area contributed by atoms with Crippen LogP contribution < -0.4 is 63.0 Å². The lowest BCUT2D eigenvalue weighted by Crippen LogP contribution is -2.58. The Morgan fingerprint density at radius 1 is 0.553 bits per heavy atom. The summed E-state index contributed by atoms with van der Waals surface area (Å²) in [6.07, 6.45) is -0.487. The van der Waals surface area contributed by atoms with E-state index in [4.69, 9.17) is 10.5 Å². The lowest BCUT2D eigenvalue weighted by molar-refractivity contribution is -0.140. The van der Waals surface area contributed by atoms with Gasteiger partial charge in [-0.2, -0.15) is 4.72 Å². The van der Waals surface area contributed by atoms with Gasteiger partial charge in [-0.3, -0.25) is 52.7 Å². The number of aromatic nitrogens is 1. The third-order valence-corrected chi connectivity index (χ3v) is 15.8. The zero-order chi connectivity index (χ0) is 68.7. The molecule has 5 aromatic rings. The average Bonchev–Trinajstić information content (AvgIpc) is 1.49. The number of nitrogens with two attached hydrogens (primary N) is 1. The van der Waals surface area contributed by atoms with Gasteiger partial charge in [0, 0.05) is 68.0 Å². The van der Waals surface area contributed by atoms with Gasteiger partial charge in [0.05, 0.1) is 25.0 Å². The lowest BCUT2D eigenvalue weighted by atomic mass is 10.0. The van der Waals surface area contributed by atoms with Gasteiger partial charge < -0.3 is 78.6 Å². The van der Waals surface area contributed by atoms with Crippen LogP contribution in [0, 0.1) is 5.82 Å². The maximum atomic E-state index is 14.6. The summed E-state index contributed by atoms with van der Waals surface area (Å²) in [5.41, 5.74) is 7.44. The van der Waals surface area contributed by atoms with Crippen LogP contribution in [0.1, 0.15) is 88.2 Å². The number of sulfonamides is 1. The summed E-state index contributed by atoms with van der Waals surface area (Å²) in [6.45, 7) is -0.668. The zero-order valence-electron chi connectivity index (χ0n) is 51.2. The number of anilines is 1. The summed E-state index contributed by atoms with van der Waals surface area (Å²) in [7, 11) is -3.28. The molecule has 506 valence electrons. The van der Waals surface area contributed by atoms with Crippen molar-refractivity contribution in [3.63, 3.8) is 0 Å². The van der Waals surface area contributed by atoms with Gasteiger partial charge in [0.25, 0.3) is 0 Å². The number of amides is 10. The van der Waals surface area contributed by atoms with Crippen molar-refractivity contribution in [3.05, 3.63) is 126 Å². The van der Waals surface area contributed by atoms with Crippen LogP contribution in [-0.4, -0.2) is 163 Å². The number of halogens is 1. The monoisotopic (exact) mass is 1330 g/mol. The number of hydrogen-bond donors (Lipinski definition) is 15. The Morgan fingerprint density at radius 2 is 1.14 bits per heavy atom. The molecule has 0 spiro atoms. The predicted octanol–water partition coefficient (Wildman–Crippen LogP) is 1.35. The molecule has 1 aromatic heterocycles. The quantitative estimate of drug-likeness (QED) is 0.0246. The Morgan fingerprint density at radius 3 is 1.77 bits per heavy atom. The van der Waals surface area contributed by atoms with E-state index >= 15 is 0 Å². The van der Waals surface area contributed by atoms with Crippen molar-refractivity contribution in [2.24, 2.45) is 5.73 Å². The Labute approximate surface area is 539 Å². The number of carboxylic acid groups (broad SMARTS) is 3. The number of unbranched alkanes of at least 4 members (excludes halogenated alkanes) is 3. The van der Waals surface area contributed by atoms with Crippen molar-refractivity contribution in [1.82, 2.24) is 52.2 Å². The lowest BCUT2D eigenvalue weighted by Gasteiger charge is -2.26. The fourth-order valence-corrected chi connectivity index (χ4v) is 10.7. The highest BCUT2D eigenvalue weighted by molar-refractivity contribution is 7.89. The van der Waals surface area contributed by atoms with Gasteiger partial charge in [-0.1, -0.05) is 55.0 Å². The van der Waals surface area contributed by atoms with E-state index in [0.717, 1.165) is 24.3 Å². The van der Waals surface area contributed by atoms with Crippen molar-refractivity contribution in [2.75, 3.05) is 32.1 Å². The van der Waals surface area contributed by atoms with Gasteiger partial charge >= 0.3 is 23.9 Å². The molecule has 5 rings (SSSR count). The standard InChI is InChI=1S/C62H77FN12O18S/c1-93-41-21-23-42(24-22-41)94(91,92)75-50(34-55(82)83)61(89)73-47(26-28-54(80)81)58(86)68-36-52(77)71-48(32-37-13-12-14-39(63)31-37)59(87)74-49(33-38-35-67-44-18-8-7-17-43(38)44)60(88)72-46(25-27-53(78)79)57(85)65-29-10-3-6-20-51(76)70-45(56(64)84)19-9-11-30-66-62(90)69-40-15-4-2-5-16-40/h2,4-5,7-8,12-18,21-24,31,35,45-50,67,75H,3,6,9-11,19-20,25-30,32-34,36H2,1H3,(H2,64,84)(H,65,85)(H,68,86)(H,70,76)(H,71,77)(H,72,88)(H,73,89)(H,74,87)(H,78,79)(H,80,81)(H,82,83)(H2,66,69,90)/t45-,46-,47-,48-,49-,50+/m0/s1. The molecule has 0 unspecified atom stereocenters. The zero-order valence-corrected chi connectivity index (χ0v) is 52.0. The van der Waals surface area contributed by atoms with Crippen molar-refractivity contribution in [1.29, 1.82) is 0 Å². The molecule has 0 bridgehead atoms. The number of aromatic amines is 1. The van der Waals surface area contributed by atoms with Gasteiger partial charge in [0.15, 0.2) is 0 Å².